The van der Waals surface area contributed by atoms with Crippen LogP contribution in [-0.2, 0) is 11.3 Å². The summed E-state index contributed by atoms with van der Waals surface area (Å²) in [5.41, 5.74) is 0.241. The average molecular weight is 345 g/mol. The van der Waals surface area contributed by atoms with E-state index in [1.54, 1.807) is 13.1 Å². The number of carbonyl (C=O) groups excluding carboxylic acids is 2. The Bertz CT molecular complexity index is 667. The molecule has 0 aromatic carbocycles. The van der Waals surface area contributed by atoms with Crippen molar-refractivity contribution in [2.75, 3.05) is 26.7 Å². The number of rotatable bonds is 4. The molecule has 1 saturated carbocycles. The maximum atomic E-state index is 12.2. The van der Waals surface area contributed by atoms with Crippen LogP contribution in [0.3, 0.4) is 0 Å². The summed E-state index contributed by atoms with van der Waals surface area (Å²) in [6, 6.07) is 4.15. The summed E-state index contributed by atoms with van der Waals surface area (Å²) in [7, 11) is 1.61. The van der Waals surface area contributed by atoms with E-state index in [9.17, 15) is 9.59 Å². The van der Waals surface area contributed by atoms with Gasteiger partial charge in [-0.1, -0.05) is 0 Å². The lowest BCUT2D eigenvalue weighted by molar-refractivity contribution is -0.140. The zero-order chi connectivity index (χ0) is 17.4. The number of hydrogen-bond acceptors (Lipinski definition) is 4. The molecule has 2 saturated heterocycles. The lowest BCUT2D eigenvalue weighted by Gasteiger charge is -2.48. The van der Waals surface area contributed by atoms with Crippen molar-refractivity contribution in [3.05, 3.63) is 23.7 Å². The second-order valence-electron chi connectivity index (χ2n) is 7.91. The van der Waals surface area contributed by atoms with Gasteiger partial charge < -0.3 is 14.6 Å². The SMILES string of the molecule is CNC(=O)c1ccc(CN2CCC[C@]3(CCC(=O)N(C4CC4)C3)C2)o1. The molecule has 0 radical (unpaired) electrons. The number of carbonyl (C=O) groups is 2. The minimum atomic E-state index is -0.188. The van der Waals surface area contributed by atoms with Crippen molar-refractivity contribution in [2.24, 2.45) is 5.41 Å². The standard InChI is InChI=1S/C19H27N3O3/c1-20-18(24)16-6-5-15(25-16)11-21-10-2-8-19(12-21)9-7-17(23)22(13-19)14-3-4-14/h5-6,14H,2-4,7-13H2,1H3,(H,20,24)/t19-/m0/s1. The van der Waals surface area contributed by atoms with Crippen LogP contribution in [0, 0.1) is 5.41 Å². The van der Waals surface area contributed by atoms with E-state index in [2.05, 4.69) is 15.1 Å². The highest BCUT2D eigenvalue weighted by molar-refractivity contribution is 5.91. The summed E-state index contributed by atoms with van der Waals surface area (Å²) in [5, 5.41) is 2.59. The minimum absolute atomic E-state index is 0.188. The predicted molar refractivity (Wildman–Crippen MR) is 93.0 cm³/mol. The van der Waals surface area contributed by atoms with Crippen molar-refractivity contribution in [3.63, 3.8) is 0 Å². The van der Waals surface area contributed by atoms with Gasteiger partial charge in [0, 0.05) is 38.0 Å². The largest absolute Gasteiger partial charge is 0.455 e. The molecule has 2 amide bonds. The predicted octanol–water partition coefficient (Wildman–Crippen LogP) is 2.01. The van der Waals surface area contributed by atoms with Gasteiger partial charge in [-0.2, -0.15) is 0 Å². The molecule has 3 heterocycles. The molecule has 25 heavy (non-hydrogen) atoms. The Labute approximate surface area is 148 Å². The fraction of sp³-hybridized carbons (Fsp3) is 0.684. The third-order valence-electron chi connectivity index (χ3n) is 5.92. The van der Waals surface area contributed by atoms with Crippen LogP contribution in [0.1, 0.15) is 54.8 Å². The summed E-state index contributed by atoms with van der Waals surface area (Å²) in [6.45, 7) is 3.72. The molecule has 3 fully saturated rings. The highest BCUT2D eigenvalue weighted by atomic mass is 16.4. The molecule has 3 aliphatic rings. The molecule has 1 N–H and O–H groups in total. The highest BCUT2D eigenvalue weighted by Gasteiger charge is 2.45. The molecule has 1 spiro atoms. The van der Waals surface area contributed by atoms with Crippen molar-refractivity contribution < 1.29 is 14.0 Å². The molecule has 1 aromatic rings. The first-order chi connectivity index (χ1) is 12.1. The number of nitrogens with one attached hydrogen (secondary N) is 1. The zero-order valence-corrected chi connectivity index (χ0v) is 14.9. The number of amides is 2. The Balaban J connectivity index is 1.41. The quantitative estimate of drug-likeness (QED) is 0.906. The molecule has 6 heteroatoms. The van der Waals surface area contributed by atoms with E-state index in [0.717, 1.165) is 44.8 Å². The van der Waals surface area contributed by atoms with E-state index in [-0.39, 0.29) is 11.3 Å². The Morgan fingerprint density at radius 2 is 2.16 bits per heavy atom. The molecule has 4 rings (SSSR count). The molecule has 2 aliphatic heterocycles. The highest BCUT2D eigenvalue weighted by Crippen LogP contribution is 2.42. The van der Waals surface area contributed by atoms with Gasteiger partial charge >= 0.3 is 0 Å². The van der Waals surface area contributed by atoms with Gasteiger partial charge in [-0.15, -0.1) is 0 Å². The maximum Gasteiger partial charge on any atom is 0.286 e. The van der Waals surface area contributed by atoms with Crippen LogP contribution in [0.25, 0.3) is 0 Å². The Kier molecular flexibility index (Phi) is 4.31. The Morgan fingerprint density at radius 1 is 1.32 bits per heavy atom. The van der Waals surface area contributed by atoms with Gasteiger partial charge in [0.1, 0.15) is 5.76 Å². The first-order valence-corrected chi connectivity index (χ1v) is 9.41. The van der Waals surface area contributed by atoms with Crippen LogP contribution in [0.2, 0.25) is 0 Å². The fourth-order valence-electron chi connectivity index (χ4n) is 4.47. The van der Waals surface area contributed by atoms with E-state index in [0.29, 0.717) is 24.1 Å². The summed E-state index contributed by atoms with van der Waals surface area (Å²) < 4.78 is 5.68. The van der Waals surface area contributed by atoms with Gasteiger partial charge in [0.25, 0.3) is 5.91 Å². The molecule has 0 bridgehead atoms. The lowest BCUT2D eigenvalue weighted by atomic mass is 9.73. The molecule has 1 aromatic heterocycles. The van der Waals surface area contributed by atoms with E-state index in [4.69, 9.17) is 4.42 Å². The van der Waals surface area contributed by atoms with Crippen molar-refractivity contribution in [1.82, 2.24) is 15.1 Å². The van der Waals surface area contributed by atoms with Crippen LogP contribution in [0.4, 0.5) is 0 Å². The Hall–Kier alpha value is -1.82. The molecule has 1 atom stereocenters. The normalized spacial score (nSPS) is 27.7. The smallest absolute Gasteiger partial charge is 0.286 e. The summed E-state index contributed by atoms with van der Waals surface area (Å²) >= 11 is 0. The minimum Gasteiger partial charge on any atom is -0.455 e. The molecular weight excluding hydrogens is 318 g/mol. The number of piperidine rings is 2. The van der Waals surface area contributed by atoms with Crippen LogP contribution in [-0.4, -0.2) is 54.3 Å². The summed E-state index contributed by atoms with van der Waals surface area (Å²) in [6.07, 6.45) is 6.44. The topological polar surface area (TPSA) is 65.8 Å². The second kappa shape index (κ2) is 6.48. The molecular formula is C19H27N3O3. The van der Waals surface area contributed by atoms with E-state index in [1.807, 2.05) is 6.07 Å². The third kappa shape index (κ3) is 3.45. The van der Waals surface area contributed by atoms with Gasteiger partial charge in [-0.3, -0.25) is 14.5 Å². The molecule has 1 aliphatic carbocycles. The number of furan rings is 1. The van der Waals surface area contributed by atoms with Crippen molar-refractivity contribution >= 4 is 11.8 Å². The van der Waals surface area contributed by atoms with Gasteiger partial charge in [0.05, 0.1) is 6.54 Å². The van der Waals surface area contributed by atoms with Crippen molar-refractivity contribution in [3.8, 4) is 0 Å². The lowest BCUT2D eigenvalue weighted by Crippen LogP contribution is -2.54. The molecule has 6 nitrogen and oxygen atoms in total. The van der Waals surface area contributed by atoms with Crippen LogP contribution >= 0.6 is 0 Å². The van der Waals surface area contributed by atoms with Crippen molar-refractivity contribution in [2.45, 2.75) is 51.1 Å². The van der Waals surface area contributed by atoms with E-state index in [1.165, 1.54) is 19.3 Å². The van der Waals surface area contributed by atoms with E-state index >= 15 is 0 Å². The average Bonchev–Trinajstić information content (AvgIpc) is 3.36. The van der Waals surface area contributed by atoms with Crippen molar-refractivity contribution in [1.29, 1.82) is 0 Å². The first-order valence-electron chi connectivity index (χ1n) is 9.41. The van der Waals surface area contributed by atoms with Gasteiger partial charge in [-0.05, 0) is 50.8 Å². The molecule has 0 unspecified atom stereocenters. The van der Waals surface area contributed by atoms with Crippen LogP contribution in [0.5, 0.6) is 0 Å². The van der Waals surface area contributed by atoms with Gasteiger partial charge in [0.2, 0.25) is 5.91 Å². The second-order valence-corrected chi connectivity index (χ2v) is 7.91. The maximum absolute atomic E-state index is 12.2. The van der Waals surface area contributed by atoms with Gasteiger partial charge in [-0.25, -0.2) is 0 Å². The van der Waals surface area contributed by atoms with Gasteiger partial charge in [0.15, 0.2) is 5.76 Å². The van der Waals surface area contributed by atoms with E-state index < -0.39 is 0 Å². The summed E-state index contributed by atoms with van der Waals surface area (Å²) in [4.78, 5) is 28.5. The number of likely N-dealkylation sites (tertiary alicyclic amines) is 2. The van der Waals surface area contributed by atoms with Crippen LogP contribution in [0.15, 0.2) is 16.5 Å². The number of hydrogen-bond donors (Lipinski definition) is 1. The van der Waals surface area contributed by atoms with Crippen LogP contribution < -0.4 is 5.32 Å². The number of nitrogens with zero attached hydrogens (tertiary/aromatic N) is 2. The fourth-order valence-corrected chi connectivity index (χ4v) is 4.47. The first kappa shape index (κ1) is 16.6. The molecule has 136 valence electrons. The monoisotopic (exact) mass is 345 g/mol. The third-order valence-corrected chi connectivity index (χ3v) is 5.92. The Morgan fingerprint density at radius 3 is 2.92 bits per heavy atom. The zero-order valence-electron chi connectivity index (χ0n) is 14.9. The summed E-state index contributed by atoms with van der Waals surface area (Å²) in [5.74, 6) is 1.37.